The van der Waals surface area contributed by atoms with E-state index in [1.807, 2.05) is 0 Å². The lowest BCUT2D eigenvalue weighted by atomic mass is 10.3. The largest absolute Gasteiger partial charge is 0.451 e. The molecule has 2 aromatic carbocycles. The molecule has 3 rings (SSSR count). The van der Waals surface area contributed by atoms with E-state index in [9.17, 15) is 22.6 Å². The van der Waals surface area contributed by atoms with Gasteiger partial charge in [0.25, 0.3) is 5.91 Å². The van der Waals surface area contributed by atoms with Crippen molar-refractivity contribution < 1.29 is 37.3 Å². The maximum Gasteiger partial charge on any atom is 0.409 e. The molecule has 0 spiro atoms. The van der Waals surface area contributed by atoms with Crippen molar-refractivity contribution in [3.8, 4) is 24.3 Å². The topological polar surface area (TPSA) is 112 Å². The van der Waals surface area contributed by atoms with Crippen molar-refractivity contribution in [3.63, 3.8) is 0 Å². The lowest BCUT2D eigenvalue weighted by Gasteiger charge is -2.24. The molecule has 0 saturated carbocycles. The highest BCUT2D eigenvalue weighted by molar-refractivity contribution is 7.82. The van der Waals surface area contributed by atoms with Crippen LogP contribution in [0.15, 0.2) is 41.3 Å². The average Bonchev–Trinajstić information content (AvgIpc) is 3.47. The van der Waals surface area contributed by atoms with Crippen LogP contribution in [-0.4, -0.2) is 88.4 Å². The summed E-state index contributed by atoms with van der Waals surface area (Å²) in [5.74, 6) is -3.71. The Morgan fingerprint density at radius 3 is 2.30 bits per heavy atom. The quantitative estimate of drug-likeness (QED) is 0.217. The summed E-state index contributed by atoms with van der Waals surface area (Å²) in [7, 11) is -0.770. The van der Waals surface area contributed by atoms with Gasteiger partial charge >= 0.3 is 6.09 Å². The van der Waals surface area contributed by atoms with Crippen LogP contribution in [0.1, 0.15) is 12.8 Å². The molecule has 2 amide bonds. The molecule has 218 valence electrons. The molecule has 2 aromatic rings. The Morgan fingerprint density at radius 2 is 1.73 bits per heavy atom. The van der Waals surface area contributed by atoms with E-state index >= 15 is 0 Å². The van der Waals surface area contributed by atoms with Crippen LogP contribution in [0, 0.1) is 24.5 Å². The van der Waals surface area contributed by atoms with E-state index in [-0.39, 0.29) is 30.3 Å². The number of terminal acetylenes is 1. The van der Waals surface area contributed by atoms with Crippen LogP contribution >= 0.6 is 11.6 Å². The third-order valence-corrected chi connectivity index (χ3v) is 7.39. The third kappa shape index (κ3) is 10.0. The number of benzene rings is 2. The highest BCUT2D eigenvalue weighted by Gasteiger charge is 2.24. The number of nitrogens with zero attached hydrogens (tertiary/aromatic N) is 3. The molecule has 0 radical (unpaired) electrons. The van der Waals surface area contributed by atoms with E-state index in [1.54, 1.807) is 0 Å². The second-order valence-electron chi connectivity index (χ2n) is 8.50. The number of nitrogens with one attached hydrogen (secondary N) is 1. The van der Waals surface area contributed by atoms with Crippen molar-refractivity contribution in [1.82, 2.24) is 19.6 Å². The van der Waals surface area contributed by atoms with Crippen LogP contribution in [0.25, 0.3) is 0 Å². The molecule has 0 aliphatic carbocycles. The number of likely N-dealkylation sites (N-methyl/N-ethyl adjacent to an activating group) is 1. The van der Waals surface area contributed by atoms with Crippen molar-refractivity contribution in [3.05, 3.63) is 53.1 Å². The first-order valence-corrected chi connectivity index (χ1v) is 13.6. The number of hydroxylamine groups is 1. The summed E-state index contributed by atoms with van der Waals surface area (Å²) >= 11 is 5.80. The lowest BCUT2D eigenvalue weighted by Crippen LogP contribution is -2.42. The SMILES string of the molecule is C#C.CN(CCN(CC(=O)NO)S(=O)c1cc(F)c(Oc2ccc(Cl)cc2)c(F)c1)C(=O)OCCN1CCCC1. The van der Waals surface area contributed by atoms with Crippen LogP contribution in [0.2, 0.25) is 5.02 Å². The highest BCUT2D eigenvalue weighted by Crippen LogP contribution is 2.30. The first-order chi connectivity index (χ1) is 19.2. The Morgan fingerprint density at radius 1 is 1.12 bits per heavy atom. The molecule has 0 aromatic heterocycles. The van der Waals surface area contributed by atoms with Crippen molar-refractivity contribution >= 4 is 34.6 Å². The molecule has 0 bridgehead atoms. The number of rotatable bonds is 12. The van der Waals surface area contributed by atoms with Gasteiger partial charge in [-0.15, -0.1) is 12.8 Å². The number of hydrogen-bond donors (Lipinski definition) is 2. The molecule has 1 heterocycles. The van der Waals surface area contributed by atoms with E-state index in [2.05, 4.69) is 17.7 Å². The second kappa shape index (κ2) is 16.7. The zero-order chi connectivity index (χ0) is 29.7. The molecule has 2 N–H and O–H groups in total. The molecule has 1 unspecified atom stereocenters. The maximum atomic E-state index is 14.7. The van der Waals surface area contributed by atoms with Crippen molar-refractivity contribution in [2.24, 2.45) is 0 Å². The van der Waals surface area contributed by atoms with E-state index in [0.29, 0.717) is 11.6 Å². The minimum Gasteiger partial charge on any atom is -0.451 e. The summed E-state index contributed by atoms with van der Waals surface area (Å²) in [5, 5.41) is 9.33. The molecule has 1 atom stereocenters. The third-order valence-electron chi connectivity index (χ3n) is 5.71. The number of amides is 2. The normalized spacial score (nSPS) is 13.7. The summed E-state index contributed by atoms with van der Waals surface area (Å²) in [6, 6.07) is 7.48. The van der Waals surface area contributed by atoms with Crippen LogP contribution < -0.4 is 10.2 Å². The van der Waals surface area contributed by atoms with Crippen molar-refractivity contribution in [2.45, 2.75) is 17.7 Å². The molecular weight excluding hydrogens is 570 g/mol. The minimum atomic E-state index is -2.24. The summed E-state index contributed by atoms with van der Waals surface area (Å²) in [6.45, 7) is 2.05. The van der Waals surface area contributed by atoms with Gasteiger partial charge in [-0.2, -0.15) is 0 Å². The number of ether oxygens (including phenoxy) is 2. The summed E-state index contributed by atoms with van der Waals surface area (Å²) in [4.78, 5) is 27.2. The van der Waals surface area contributed by atoms with Gasteiger partial charge in [0.15, 0.2) is 17.4 Å². The summed E-state index contributed by atoms with van der Waals surface area (Å²) < 4.78 is 54.2. The van der Waals surface area contributed by atoms with Gasteiger partial charge in [0.1, 0.15) is 23.3 Å². The average molecular weight is 601 g/mol. The maximum absolute atomic E-state index is 14.7. The van der Waals surface area contributed by atoms with Crippen molar-refractivity contribution in [1.29, 1.82) is 0 Å². The zero-order valence-electron chi connectivity index (χ0n) is 21.9. The van der Waals surface area contributed by atoms with Gasteiger partial charge in [-0.25, -0.2) is 27.6 Å². The monoisotopic (exact) mass is 600 g/mol. The fourth-order valence-corrected chi connectivity index (χ4v) is 4.97. The number of carbonyl (C=O) groups is 2. The molecule has 1 aliphatic heterocycles. The van der Waals surface area contributed by atoms with Crippen LogP contribution in [-0.2, 0) is 20.5 Å². The van der Waals surface area contributed by atoms with E-state index in [4.69, 9.17) is 26.3 Å². The van der Waals surface area contributed by atoms with E-state index in [1.165, 1.54) is 41.7 Å². The Hall–Kier alpha value is -3.28. The predicted molar refractivity (Wildman–Crippen MR) is 145 cm³/mol. The standard InChI is InChI=1S/C24H29ClF2N4O6S.C2H2/c1-29(24(33)36-13-12-30-8-2-3-9-30)10-11-31(16-22(32)28-34)38(35)19-14-20(26)23(21(27)15-19)37-18-6-4-17(25)5-7-18;1-2/h4-7,14-15,34H,2-3,8-13,16H2,1H3,(H,28,32);1-2H. The zero-order valence-corrected chi connectivity index (χ0v) is 23.4. The first kappa shape index (κ1) is 32.9. The molecule has 1 saturated heterocycles. The number of halogens is 3. The number of carbonyl (C=O) groups excluding carboxylic acids is 2. The molecule has 40 heavy (non-hydrogen) atoms. The van der Waals surface area contributed by atoms with Gasteiger partial charge < -0.3 is 14.4 Å². The van der Waals surface area contributed by atoms with Gasteiger partial charge in [0, 0.05) is 31.7 Å². The first-order valence-electron chi connectivity index (χ1n) is 12.1. The Labute approximate surface area is 239 Å². The van der Waals surface area contributed by atoms with Crippen LogP contribution in [0.5, 0.6) is 11.5 Å². The number of likely N-dealkylation sites (tertiary alicyclic amines) is 1. The predicted octanol–water partition coefficient (Wildman–Crippen LogP) is 3.65. The smallest absolute Gasteiger partial charge is 0.409 e. The Kier molecular flexibility index (Phi) is 13.8. The molecular formula is C26H31ClF2N4O6S. The summed E-state index contributed by atoms with van der Waals surface area (Å²) in [6.07, 6.45) is 9.63. The molecule has 14 heteroatoms. The summed E-state index contributed by atoms with van der Waals surface area (Å²) in [5.41, 5.74) is 1.43. The van der Waals surface area contributed by atoms with Gasteiger partial charge in [-0.1, -0.05) is 11.6 Å². The van der Waals surface area contributed by atoms with E-state index in [0.717, 1.165) is 42.4 Å². The fraction of sp³-hybridized carbons (Fsp3) is 0.385. The molecule has 10 nitrogen and oxygen atoms in total. The van der Waals surface area contributed by atoms with Gasteiger partial charge in [0.2, 0.25) is 0 Å². The van der Waals surface area contributed by atoms with Crippen LogP contribution in [0.3, 0.4) is 0 Å². The van der Waals surface area contributed by atoms with Gasteiger partial charge in [-0.3, -0.25) is 14.9 Å². The second-order valence-corrected chi connectivity index (χ2v) is 10.4. The van der Waals surface area contributed by atoms with Gasteiger partial charge in [-0.05, 0) is 62.3 Å². The number of hydrogen-bond acceptors (Lipinski definition) is 7. The van der Waals surface area contributed by atoms with E-state index < -0.39 is 46.9 Å². The fourth-order valence-electron chi connectivity index (χ4n) is 3.65. The minimum absolute atomic E-state index is 0.0181. The highest BCUT2D eigenvalue weighted by atomic mass is 35.5. The van der Waals surface area contributed by atoms with Crippen molar-refractivity contribution in [2.75, 3.05) is 52.9 Å². The van der Waals surface area contributed by atoms with Gasteiger partial charge in [0.05, 0.1) is 11.4 Å². The molecule has 1 aliphatic rings. The Bertz CT molecular complexity index is 1160. The molecule has 1 fully saturated rings. The lowest BCUT2D eigenvalue weighted by molar-refractivity contribution is -0.129. The Balaban J connectivity index is 0.00000274. The van der Waals surface area contributed by atoms with Crippen LogP contribution in [0.4, 0.5) is 13.6 Å².